The SMILES string of the molecule is Cc1cccc(C)c1C[C@@H](NC(=O)c1cccc2ccccc12)C(=O)O. The zero-order valence-electron chi connectivity index (χ0n) is 14.8. The van der Waals surface area contributed by atoms with Crippen LogP contribution in [0.15, 0.2) is 60.7 Å². The van der Waals surface area contributed by atoms with Crippen LogP contribution >= 0.6 is 0 Å². The van der Waals surface area contributed by atoms with Gasteiger partial charge < -0.3 is 10.4 Å². The molecule has 0 heterocycles. The van der Waals surface area contributed by atoms with E-state index in [1.807, 2.05) is 62.4 Å². The first-order valence-electron chi connectivity index (χ1n) is 8.54. The van der Waals surface area contributed by atoms with Crippen LogP contribution in [-0.2, 0) is 11.2 Å². The molecule has 4 nitrogen and oxygen atoms in total. The van der Waals surface area contributed by atoms with Gasteiger partial charge in [0.1, 0.15) is 6.04 Å². The molecule has 0 bridgehead atoms. The molecular formula is C22H21NO3. The van der Waals surface area contributed by atoms with E-state index in [2.05, 4.69) is 5.32 Å². The van der Waals surface area contributed by atoms with Crippen LogP contribution in [0.25, 0.3) is 10.8 Å². The van der Waals surface area contributed by atoms with Crippen molar-refractivity contribution in [2.24, 2.45) is 0 Å². The third-order valence-corrected chi connectivity index (χ3v) is 4.69. The molecule has 0 saturated carbocycles. The third kappa shape index (κ3) is 3.59. The summed E-state index contributed by atoms with van der Waals surface area (Å²) in [4.78, 5) is 24.5. The van der Waals surface area contributed by atoms with Gasteiger partial charge in [-0.05, 0) is 47.4 Å². The van der Waals surface area contributed by atoms with Gasteiger partial charge in [-0.25, -0.2) is 4.79 Å². The molecule has 3 aromatic carbocycles. The molecule has 3 aromatic rings. The minimum Gasteiger partial charge on any atom is -0.480 e. The summed E-state index contributed by atoms with van der Waals surface area (Å²) < 4.78 is 0. The molecule has 4 heteroatoms. The minimum atomic E-state index is -1.04. The second-order valence-corrected chi connectivity index (χ2v) is 6.47. The van der Waals surface area contributed by atoms with Crippen LogP contribution in [0.1, 0.15) is 27.0 Å². The summed E-state index contributed by atoms with van der Waals surface area (Å²) in [6, 6.07) is 17.9. The Labute approximate surface area is 152 Å². The van der Waals surface area contributed by atoms with Crippen LogP contribution < -0.4 is 5.32 Å². The van der Waals surface area contributed by atoms with Crippen LogP contribution in [0.2, 0.25) is 0 Å². The quantitative estimate of drug-likeness (QED) is 0.736. The zero-order valence-corrected chi connectivity index (χ0v) is 14.8. The van der Waals surface area contributed by atoms with Gasteiger partial charge in [-0.15, -0.1) is 0 Å². The minimum absolute atomic E-state index is 0.254. The maximum absolute atomic E-state index is 12.8. The summed E-state index contributed by atoms with van der Waals surface area (Å²) in [6.07, 6.45) is 0.254. The molecular weight excluding hydrogens is 326 g/mol. The Kier molecular flexibility index (Phi) is 5.03. The Morgan fingerprint density at radius 1 is 0.923 bits per heavy atom. The van der Waals surface area contributed by atoms with Crippen molar-refractivity contribution in [3.63, 3.8) is 0 Å². The zero-order chi connectivity index (χ0) is 18.7. The largest absolute Gasteiger partial charge is 0.480 e. The van der Waals surface area contributed by atoms with Gasteiger partial charge in [0.15, 0.2) is 0 Å². The van der Waals surface area contributed by atoms with Crippen molar-refractivity contribution in [1.29, 1.82) is 0 Å². The molecule has 0 aliphatic carbocycles. The number of benzene rings is 3. The van der Waals surface area contributed by atoms with E-state index in [-0.39, 0.29) is 12.3 Å². The van der Waals surface area contributed by atoms with Crippen molar-refractivity contribution in [1.82, 2.24) is 5.32 Å². The molecule has 0 aliphatic heterocycles. The first kappa shape index (κ1) is 17.7. The number of carboxylic acids is 1. The van der Waals surface area contributed by atoms with Crippen molar-refractivity contribution >= 4 is 22.6 Å². The predicted octanol–water partition coefficient (Wildman–Crippen LogP) is 3.88. The second kappa shape index (κ2) is 7.40. The van der Waals surface area contributed by atoms with E-state index in [0.29, 0.717) is 5.56 Å². The molecule has 26 heavy (non-hydrogen) atoms. The van der Waals surface area contributed by atoms with Crippen molar-refractivity contribution < 1.29 is 14.7 Å². The number of hydrogen-bond acceptors (Lipinski definition) is 2. The van der Waals surface area contributed by atoms with Crippen molar-refractivity contribution in [3.05, 3.63) is 82.9 Å². The maximum atomic E-state index is 12.8. The lowest BCUT2D eigenvalue weighted by Crippen LogP contribution is -2.42. The summed E-state index contributed by atoms with van der Waals surface area (Å²) in [7, 11) is 0. The van der Waals surface area contributed by atoms with Crippen LogP contribution in [-0.4, -0.2) is 23.0 Å². The highest BCUT2D eigenvalue weighted by Crippen LogP contribution is 2.19. The summed E-state index contributed by atoms with van der Waals surface area (Å²) in [5, 5.41) is 14.1. The lowest BCUT2D eigenvalue weighted by molar-refractivity contribution is -0.139. The average molecular weight is 347 g/mol. The molecule has 0 spiro atoms. The summed E-state index contributed by atoms with van der Waals surface area (Å²) in [5.74, 6) is -1.42. The molecule has 2 N–H and O–H groups in total. The Morgan fingerprint density at radius 3 is 2.23 bits per heavy atom. The first-order valence-corrected chi connectivity index (χ1v) is 8.54. The molecule has 3 rings (SSSR count). The molecule has 1 amide bonds. The number of fused-ring (bicyclic) bond motifs is 1. The Morgan fingerprint density at radius 2 is 1.54 bits per heavy atom. The van der Waals surface area contributed by atoms with Gasteiger partial charge in [0, 0.05) is 12.0 Å². The summed E-state index contributed by atoms with van der Waals surface area (Å²) in [5.41, 5.74) is 3.49. The van der Waals surface area contributed by atoms with Crippen LogP contribution in [0.5, 0.6) is 0 Å². The van der Waals surface area contributed by atoms with E-state index in [1.54, 1.807) is 12.1 Å². The topological polar surface area (TPSA) is 66.4 Å². The van der Waals surface area contributed by atoms with E-state index in [4.69, 9.17) is 0 Å². The monoisotopic (exact) mass is 347 g/mol. The number of carboxylic acid groups (broad SMARTS) is 1. The van der Waals surface area contributed by atoms with E-state index in [9.17, 15) is 14.7 Å². The molecule has 1 atom stereocenters. The van der Waals surface area contributed by atoms with E-state index >= 15 is 0 Å². The lowest BCUT2D eigenvalue weighted by atomic mass is 9.96. The Balaban J connectivity index is 1.88. The molecule has 0 unspecified atom stereocenters. The van der Waals surface area contributed by atoms with Gasteiger partial charge in [0.05, 0.1) is 0 Å². The predicted molar refractivity (Wildman–Crippen MR) is 102 cm³/mol. The van der Waals surface area contributed by atoms with Gasteiger partial charge in [-0.1, -0.05) is 54.6 Å². The number of aryl methyl sites for hydroxylation is 2. The van der Waals surface area contributed by atoms with Gasteiger partial charge in [0.25, 0.3) is 5.91 Å². The number of carbonyl (C=O) groups is 2. The van der Waals surface area contributed by atoms with Gasteiger partial charge in [0.2, 0.25) is 0 Å². The van der Waals surface area contributed by atoms with Gasteiger partial charge in [-0.3, -0.25) is 4.79 Å². The van der Waals surface area contributed by atoms with Crippen molar-refractivity contribution in [2.75, 3.05) is 0 Å². The van der Waals surface area contributed by atoms with Crippen molar-refractivity contribution in [2.45, 2.75) is 26.3 Å². The number of aliphatic carboxylic acids is 1. The fourth-order valence-corrected chi connectivity index (χ4v) is 3.23. The van der Waals surface area contributed by atoms with Crippen molar-refractivity contribution in [3.8, 4) is 0 Å². The maximum Gasteiger partial charge on any atom is 0.326 e. The first-order chi connectivity index (χ1) is 12.5. The van der Waals surface area contributed by atoms with E-state index in [0.717, 1.165) is 27.5 Å². The number of rotatable bonds is 5. The molecule has 0 saturated heterocycles. The summed E-state index contributed by atoms with van der Waals surface area (Å²) >= 11 is 0. The molecule has 0 fully saturated rings. The number of carbonyl (C=O) groups excluding carboxylic acids is 1. The van der Waals surface area contributed by atoms with Gasteiger partial charge >= 0.3 is 5.97 Å². The lowest BCUT2D eigenvalue weighted by Gasteiger charge is -2.18. The molecule has 0 aromatic heterocycles. The third-order valence-electron chi connectivity index (χ3n) is 4.69. The molecule has 0 radical (unpaired) electrons. The standard InChI is InChI=1S/C22H21NO3/c1-14-7-5-8-15(2)19(14)13-20(22(25)26)23-21(24)18-12-6-10-16-9-3-4-11-17(16)18/h3-12,20H,13H2,1-2H3,(H,23,24)(H,25,26)/t20-/m1/s1. The Hall–Kier alpha value is -3.14. The fourth-order valence-electron chi connectivity index (χ4n) is 3.23. The molecule has 132 valence electrons. The average Bonchev–Trinajstić information content (AvgIpc) is 2.63. The Bertz CT molecular complexity index is 953. The van der Waals surface area contributed by atoms with Crippen LogP contribution in [0.4, 0.5) is 0 Å². The molecule has 0 aliphatic rings. The van der Waals surface area contributed by atoms with E-state index < -0.39 is 12.0 Å². The number of nitrogens with one attached hydrogen (secondary N) is 1. The summed E-state index contributed by atoms with van der Waals surface area (Å²) in [6.45, 7) is 3.90. The highest BCUT2D eigenvalue weighted by molar-refractivity contribution is 6.07. The smallest absolute Gasteiger partial charge is 0.326 e. The van der Waals surface area contributed by atoms with Crippen LogP contribution in [0.3, 0.4) is 0 Å². The van der Waals surface area contributed by atoms with Gasteiger partial charge in [-0.2, -0.15) is 0 Å². The van der Waals surface area contributed by atoms with Crippen LogP contribution in [0, 0.1) is 13.8 Å². The number of hydrogen-bond donors (Lipinski definition) is 2. The fraction of sp³-hybridized carbons (Fsp3) is 0.182. The number of amides is 1. The van der Waals surface area contributed by atoms with E-state index in [1.165, 1.54) is 0 Å². The second-order valence-electron chi connectivity index (χ2n) is 6.47. The highest BCUT2D eigenvalue weighted by atomic mass is 16.4. The highest BCUT2D eigenvalue weighted by Gasteiger charge is 2.23. The normalized spacial score (nSPS) is 11.9.